The molecule has 0 bridgehead atoms. The number of fused-ring (bicyclic) bond motifs is 1. The molecule has 0 N–H and O–H groups in total. The van der Waals surface area contributed by atoms with Crippen LogP contribution in [0.15, 0.2) is 77.8 Å². The van der Waals surface area contributed by atoms with Crippen LogP contribution in [0.2, 0.25) is 0 Å². The molecule has 0 saturated heterocycles. The number of methoxy groups -OCH3 is 1. The number of ether oxygens (including phenoxy) is 1. The van der Waals surface area contributed by atoms with Gasteiger partial charge in [0.15, 0.2) is 6.04 Å². The van der Waals surface area contributed by atoms with E-state index >= 15 is 0 Å². The molecule has 0 aromatic heterocycles. The van der Waals surface area contributed by atoms with E-state index in [-0.39, 0.29) is 11.9 Å². The Morgan fingerprint density at radius 1 is 0.917 bits per heavy atom. The zero-order chi connectivity index (χ0) is 16.5. The largest absolute Gasteiger partial charge is 0.467 e. The molecule has 0 amide bonds. The van der Waals surface area contributed by atoms with Crippen LogP contribution in [-0.2, 0) is 9.53 Å². The van der Waals surface area contributed by atoms with Crippen molar-refractivity contribution in [3.8, 4) is 0 Å². The first kappa shape index (κ1) is 14.6. The highest BCUT2D eigenvalue weighted by molar-refractivity contribution is 6.14. The fourth-order valence-electron chi connectivity index (χ4n) is 3.38. The maximum atomic E-state index is 12.2. The summed E-state index contributed by atoms with van der Waals surface area (Å²) in [4.78, 5) is 16.7. The third-order valence-electron chi connectivity index (χ3n) is 4.56. The lowest BCUT2D eigenvalue weighted by Gasteiger charge is -2.34. The number of hydrogen-bond donors (Lipinski definition) is 0. The van der Waals surface area contributed by atoms with E-state index in [0.717, 1.165) is 27.6 Å². The van der Waals surface area contributed by atoms with Gasteiger partial charge in [-0.15, -0.1) is 0 Å². The molecule has 1 aliphatic rings. The topological polar surface area (TPSA) is 38.7 Å². The second kappa shape index (κ2) is 5.93. The predicted molar refractivity (Wildman–Crippen MR) is 95.5 cm³/mol. The van der Waals surface area contributed by atoms with Gasteiger partial charge in [0, 0.05) is 0 Å². The maximum absolute atomic E-state index is 12.2. The molecular weight excluding hydrogens is 298 g/mol. The van der Waals surface area contributed by atoms with E-state index in [1.165, 1.54) is 7.11 Å². The van der Waals surface area contributed by atoms with Gasteiger partial charge in [0.1, 0.15) is 0 Å². The molecule has 0 aliphatic carbocycles. The lowest BCUT2D eigenvalue weighted by Crippen LogP contribution is -2.42. The Kier molecular flexibility index (Phi) is 3.62. The minimum Gasteiger partial charge on any atom is -0.467 e. The van der Waals surface area contributed by atoms with Crippen LogP contribution in [0.25, 0.3) is 10.8 Å². The molecule has 118 valence electrons. The average Bonchev–Trinajstić information content (AvgIpc) is 2.62. The predicted octanol–water partition coefficient (Wildman–Crippen LogP) is 3.97. The summed E-state index contributed by atoms with van der Waals surface area (Å²) >= 11 is 0. The molecule has 3 aromatic rings. The van der Waals surface area contributed by atoms with Crippen molar-refractivity contribution in [3.05, 3.63) is 83.9 Å². The first-order chi connectivity index (χ1) is 11.8. The number of carbonyl (C=O) groups is 1. The molecule has 0 saturated carbocycles. The number of benzene rings is 3. The molecule has 0 fully saturated rings. The van der Waals surface area contributed by atoms with Gasteiger partial charge in [-0.1, -0.05) is 72.8 Å². The van der Waals surface area contributed by atoms with Crippen LogP contribution >= 0.6 is 0 Å². The molecule has 3 heteroatoms. The molecule has 0 unspecified atom stereocenters. The highest BCUT2D eigenvalue weighted by atomic mass is 16.5. The van der Waals surface area contributed by atoms with Gasteiger partial charge >= 0.3 is 5.97 Å². The SMILES string of the molecule is COC(=O)[C@H]1N=C(c2ccccc2)[C@@H]1c1cccc2ccccc12. The van der Waals surface area contributed by atoms with Crippen molar-refractivity contribution >= 4 is 22.5 Å². The molecule has 3 nitrogen and oxygen atoms in total. The number of hydrogen-bond acceptors (Lipinski definition) is 3. The van der Waals surface area contributed by atoms with E-state index in [4.69, 9.17) is 4.74 Å². The summed E-state index contributed by atoms with van der Waals surface area (Å²) < 4.78 is 4.96. The highest BCUT2D eigenvalue weighted by Crippen LogP contribution is 2.39. The van der Waals surface area contributed by atoms with E-state index in [2.05, 4.69) is 29.3 Å². The van der Waals surface area contributed by atoms with Gasteiger partial charge in [0.2, 0.25) is 0 Å². The number of esters is 1. The van der Waals surface area contributed by atoms with Gasteiger partial charge in [-0.2, -0.15) is 0 Å². The van der Waals surface area contributed by atoms with Crippen molar-refractivity contribution in [2.45, 2.75) is 12.0 Å². The molecule has 2 atom stereocenters. The number of carbonyl (C=O) groups excluding carboxylic acids is 1. The monoisotopic (exact) mass is 315 g/mol. The van der Waals surface area contributed by atoms with E-state index in [1.54, 1.807) is 0 Å². The summed E-state index contributed by atoms with van der Waals surface area (Å²) in [5, 5.41) is 2.32. The Labute approximate surface area is 140 Å². The Hall–Kier alpha value is -2.94. The second-order valence-corrected chi connectivity index (χ2v) is 5.89. The smallest absolute Gasteiger partial charge is 0.331 e. The standard InChI is InChI=1S/C21H17NO2/c1-24-21(23)20-18(19(22-20)15-9-3-2-4-10-15)17-13-7-11-14-8-5-6-12-16(14)17/h2-13,18,20H,1H3/t18-,20-/m0/s1. The van der Waals surface area contributed by atoms with Gasteiger partial charge < -0.3 is 4.74 Å². The lowest BCUT2D eigenvalue weighted by molar-refractivity contribution is -0.142. The van der Waals surface area contributed by atoms with E-state index in [0.29, 0.717) is 0 Å². The molecule has 24 heavy (non-hydrogen) atoms. The summed E-state index contributed by atoms with van der Waals surface area (Å²) in [5.74, 6) is -0.362. The molecule has 4 rings (SSSR count). The number of nitrogens with zero attached hydrogens (tertiary/aromatic N) is 1. The minimum atomic E-state index is -0.476. The Morgan fingerprint density at radius 2 is 1.62 bits per heavy atom. The third kappa shape index (κ3) is 2.29. The molecule has 3 aromatic carbocycles. The minimum absolute atomic E-state index is 0.0778. The van der Waals surface area contributed by atoms with Gasteiger partial charge in [0.25, 0.3) is 0 Å². The fraction of sp³-hybridized carbons (Fsp3) is 0.143. The van der Waals surface area contributed by atoms with Crippen LogP contribution in [0.3, 0.4) is 0 Å². The fourth-order valence-corrected chi connectivity index (χ4v) is 3.38. The van der Waals surface area contributed by atoms with Crippen molar-refractivity contribution in [2.24, 2.45) is 4.99 Å². The molecule has 0 radical (unpaired) electrons. The Bertz CT molecular complexity index is 925. The van der Waals surface area contributed by atoms with Crippen molar-refractivity contribution in [1.82, 2.24) is 0 Å². The van der Waals surface area contributed by atoms with Crippen molar-refractivity contribution < 1.29 is 9.53 Å². The van der Waals surface area contributed by atoms with E-state index in [1.807, 2.05) is 48.5 Å². The van der Waals surface area contributed by atoms with Crippen molar-refractivity contribution in [3.63, 3.8) is 0 Å². The van der Waals surface area contributed by atoms with E-state index in [9.17, 15) is 4.79 Å². The van der Waals surface area contributed by atoms with E-state index < -0.39 is 6.04 Å². The summed E-state index contributed by atoms with van der Waals surface area (Å²) in [6.07, 6.45) is 0. The van der Waals surface area contributed by atoms with Gasteiger partial charge in [-0.3, -0.25) is 4.99 Å². The maximum Gasteiger partial charge on any atom is 0.331 e. The van der Waals surface area contributed by atoms with Crippen LogP contribution < -0.4 is 0 Å². The molecular formula is C21H17NO2. The second-order valence-electron chi connectivity index (χ2n) is 5.89. The summed E-state index contributed by atoms with van der Waals surface area (Å²) in [5.41, 5.74) is 3.12. The van der Waals surface area contributed by atoms with Crippen LogP contribution in [0.4, 0.5) is 0 Å². The quantitative estimate of drug-likeness (QED) is 0.686. The van der Waals surface area contributed by atoms with Crippen LogP contribution in [0, 0.1) is 0 Å². The normalized spacial score (nSPS) is 19.5. The Morgan fingerprint density at radius 3 is 2.42 bits per heavy atom. The molecule has 1 heterocycles. The van der Waals surface area contributed by atoms with Crippen LogP contribution in [0.1, 0.15) is 17.0 Å². The van der Waals surface area contributed by atoms with Crippen molar-refractivity contribution in [2.75, 3.05) is 7.11 Å². The van der Waals surface area contributed by atoms with Gasteiger partial charge in [-0.25, -0.2) is 4.79 Å². The molecule has 0 spiro atoms. The Balaban J connectivity index is 1.86. The number of rotatable bonds is 3. The summed E-state index contributed by atoms with van der Waals surface area (Å²) in [7, 11) is 1.42. The highest BCUT2D eigenvalue weighted by Gasteiger charge is 2.42. The van der Waals surface area contributed by atoms with Gasteiger partial charge in [0.05, 0.1) is 18.7 Å². The lowest BCUT2D eigenvalue weighted by atomic mass is 9.77. The first-order valence-corrected chi connectivity index (χ1v) is 7.98. The summed E-state index contributed by atoms with van der Waals surface area (Å²) in [6, 6.07) is 24.0. The zero-order valence-corrected chi connectivity index (χ0v) is 13.3. The van der Waals surface area contributed by atoms with Gasteiger partial charge in [-0.05, 0) is 21.9 Å². The van der Waals surface area contributed by atoms with Crippen LogP contribution in [0.5, 0.6) is 0 Å². The third-order valence-corrected chi connectivity index (χ3v) is 4.56. The van der Waals surface area contributed by atoms with Crippen LogP contribution in [-0.4, -0.2) is 24.8 Å². The van der Waals surface area contributed by atoms with Crippen molar-refractivity contribution in [1.29, 1.82) is 0 Å². The summed E-state index contributed by atoms with van der Waals surface area (Å²) in [6.45, 7) is 0. The first-order valence-electron chi connectivity index (χ1n) is 7.98. The number of aliphatic imine (C=N–C) groups is 1. The molecule has 1 aliphatic heterocycles. The zero-order valence-electron chi connectivity index (χ0n) is 13.3. The average molecular weight is 315 g/mol.